The van der Waals surface area contributed by atoms with Crippen LogP contribution in [0.25, 0.3) is 5.69 Å². The predicted octanol–water partition coefficient (Wildman–Crippen LogP) is 3.69. The van der Waals surface area contributed by atoms with Gasteiger partial charge in [-0.05, 0) is 38.1 Å². The smallest absolute Gasteiger partial charge is 0.337 e. The summed E-state index contributed by atoms with van der Waals surface area (Å²) in [6, 6.07) is 6.23. The Morgan fingerprint density at radius 3 is 2.50 bits per heavy atom. The number of nitrogens with zero attached hydrogens (tertiary/aromatic N) is 1. The zero-order valence-electron chi connectivity index (χ0n) is 9.87. The lowest BCUT2D eigenvalue weighted by Crippen LogP contribution is -2.04. The van der Waals surface area contributed by atoms with E-state index in [0.717, 1.165) is 0 Å². The van der Waals surface area contributed by atoms with Crippen molar-refractivity contribution in [2.24, 2.45) is 0 Å². The van der Waals surface area contributed by atoms with Crippen LogP contribution in [0.5, 0.6) is 0 Å². The first kappa shape index (κ1) is 12.8. The van der Waals surface area contributed by atoms with Gasteiger partial charge in [0.05, 0.1) is 11.3 Å². The van der Waals surface area contributed by atoms with Gasteiger partial charge in [0.15, 0.2) is 0 Å². The molecule has 0 aliphatic carbocycles. The van der Waals surface area contributed by atoms with E-state index in [1.54, 1.807) is 36.6 Å². The molecule has 1 aromatic carbocycles. The van der Waals surface area contributed by atoms with Crippen LogP contribution >= 0.6 is 15.9 Å². The highest BCUT2D eigenvalue weighted by atomic mass is 79.9. The Morgan fingerprint density at radius 1 is 1.33 bits per heavy atom. The summed E-state index contributed by atoms with van der Waals surface area (Å²) in [4.78, 5) is 11.0. The number of hydrogen-bond donors (Lipinski definition) is 1. The fourth-order valence-corrected chi connectivity index (χ4v) is 2.35. The minimum atomic E-state index is -1.01. The molecule has 0 radical (unpaired) electrons. The number of carbonyl (C=O) groups is 1. The topological polar surface area (TPSA) is 42.2 Å². The Kier molecular flexibility index (Phi) is 3.26. The van der Waals surface area contributed by atoms with E-state index in [1.165, 1.54) is 6.07 Å². The Bertz CT molecular complexity index is 634. The summed E-state index contributed by atoms with van der Waals surface area (Å²) in [6.07, 6.45) is 0. The highest BCUT2D eigenvalue weighted by Gasteiger charge is 2.17. The van der Waals surface area contributed by atoms with Crippen molar-refractivity contribution in [3.8, 4) is 5.69 Å². The van der Waals surface area contributed by atoms with Crippen molar-refractivity contribution in [1.29, 1.82) is 0 Å². The lowest BCUT2D eigenvalue weighted by Gasteiger charge is -2.10. The number of carboxylic acids is 1. The number of rotatable bonds is 2. The van der Waals surface area contributed by atoms with E-state index in [-0.39, 0.29) is 5.56 Å². The van der Waals surface area contributed by atoms with Crippen LogP contribution in [-0.2, 0) is 0 Å². The van der Waals surface area contributed by atoms with E-state index in [2.05, 4.69) is 15.9 Å². The number of carboxylic acid groups (broad SMARTS) is 1. The molecule has 2 aromatic rings. The van der Waals surface area contributed by atoms with Crippen LogP contribution in [0.1, 0.15) is 21.7 Å². The summed E-state index contributed by atoms with van der Waals surface area (Å²) < 4.78 is 16.2. The third-order valence-electron chi connectivity index (χ3n) is 2.81. The van der Waals surface area contributed by atoms with Gasteiger partial charge in [-0.25, -0.2) is 9.18 Å². The Hall–Kier alpha value is -1.62. The summed E-state index contributed by atoms with van der Waals surface area (Å²) in [5.74, 6) is -1.41. The van der Waals surface area contributed by atoms with E-state index < -0.39 is 11.8 Å². The first-order chi connectivity index (χ1) is 8.41. The maximum Gasteiger partial charge on any atom is 0.337 e. The first-order valence-electron chi connectivity index (χ1n) is 5.29. The molecular formula is C13H11BrFNO2. The Balaban J connectivity index is 2.68. The normalized spacial score (nSPS) is 10.7. The third-order valence-corrected chi connectivity index (χ3v) is 3.31. The summed E-state index contributed by atoms with van der Waals surface area (Å²) in [5, 5.41) is 9.05. The van der Waals surface area contributed by atoms with E-state index in [9.17, 15) is 9.18 Å². The van der Waals surface area contributed by atoms with Crippen molar-refractivity contribution in [2.45, 2.75) is 13.8 Å². The second kappa shape index (κ2) is 4.57. The zero-order chi connectivity index (χ0) is 13.4. The molecule has 0 spiro atoms. The van der Waals surface area contributed by atoms with E-state index in [0.29, 0.717) is 21.5 Å². The molecule has 0 bridgehead atoms. The largest absolute Gasteiger partial charge is 0.478 e. The molecule has 18 heavy (non-hydrogen) atoms. The van der Waals surface area contributed by atoms with Crippen LogP contribution in [0.3, 0.4) is 0 Å². The van der Waals surface area contributed by atoms with Crippen LogP contribution in [0.15, 0.2) is 28.7 Å². The van der Waals surface area contributed by atoms with Gasteiger partial charge in [0, 0.05) is 15.9 Å². The fourth-order valence-electron chi connectivity index (χ4n) is 2.01. The van der Waals surface area contributed by atoms with Crippen molar-refractivity contribution in [3.63, 3.8) is 0 Å². The monoisotopic (exact) mass is 311 g/mol. The van der Waals surface area contributed by atoms with Gasteiger partial charge in [-0.1, -0.05) is 15.9 Å². The molecule has 1 heterocycles. The van der Waals surface area contributed by atoms with E-state index in [4.69, 9.17) is 5.11 Å². The van der Waals surface area contributed by atoms with Crippen LogP contribution in [0.2, 0.25) is 0 Å². The molecule has 0 aliphatic rings. The number of benzene rings is 1. The van der Waals surface area contributed by atoms with Crippen LogP contribution in [0.4, 0.5) is 4.39 Å². The Labute approximate surface area is 112 Å². The summed E-state index contributed by atoms with van der Waals surface area (Å²) in [5.41, 5.74) is 1.74. The molecule has 0 saturated heterocycles. The van der Waals surface area contributed by atoms with Crippen LogP contribution in [0, 0.1) is 19.7 Å². The number of aromatic nitrogens is 1. The first-order valence-corrected chi connectivity index (χ1v) is 6.08. The predicted molar refractivity (Wildman–Crippen MR) is 69.9 cm³/mol. The standard InChI is InChI=1S/C13H11BrFNO2/c1-7-5-10(13(17)18)8(2)16(7)12-4-3-9(14)6-11(12)15/h3-6H,1-2H3,(H,17,18). The van der Waals surface area contributed by atoms with Crippen molar-refractivity contribution in [3.05, 3.63) is 51.5 Å². The number of halogens is 2. The summed E-state index contributed by atoms with van der Waals surface area (Å²) >= 11 is 3.19. The molecule has 0 saturated carbocycles. The quantitative estimate of drug-likeness (QED) is 0.919. The van der Waals surface area contributed by atoms with Crippen molar-refractivity contribution in [2.75, 3.05) is 0 Å². The van der Waals surface area contributed by atoms with Crippen LogP contribution in [-0.4, -0.2) is 15.6 Å². The third kappa shape index (κ3) is 2.06. The zero-order valence-corrected chi connectivity index (χ0v) is 11.5. The molecule has 1 aromatic heterocycles. The van der Waals surface area contributed by atoms with Gasteiger partial charge in [0.1, 0.15) is 5.82 Å². The maximum absolute atomic E-state index is 13.9. The second-order valence-electron chi connectivity index (χ2n) is 4.02. The SMILES string of the molecule is Cc1cc(C(=O)O)c(C)n1-c1ccc(Br)cc1F. The van der Waals surface area contributed by atoms with Gasteiger partial charge >= 0.3 is 5.97 Å². The molecule has 0 atom stereocenters. The van der Waals surface area contributed by atoms with Gasteiger partial charge in [0.2, 0.25) is 0 Å². The molecule has 5 heteroatoms. The number of aryl methyl sites for hydroxylation is 1. The summed E-state index contributed by atoms with van der Waals surface area (Å²) in [7, 11) is 0. The Morgan fingerprint density at radius 2 is 2.00 bits per heavy atom. The van der Waals surface area contributed by atoms with Gasteiger partial charge in [0.25, 0.3) is 0 Å². The average Bonchev–Trinajstić information content (AvgIpc) is 2.56. The molecule has 0 unspecified atom stereocenters. The van der Waals surface area contributed by atoms with Gasteiger partial charge in [-0.15, -0.1) is 0 Å². The van der Waals surface area contributed by atoms with Gasteiger partial charge in [-0.2, -0.15) is 0 Å². The number of aromatic carboxylic acids is 1. The maximum atomic E-state index is 13.9. The molecule has 2 rings (SSSR count). The molecule has 1 N–H and O–H groups in total. The van der Waals surface area contributed by atoms with Gasteiger partial charge in [-0.3, -0.25) is 0 Å². The lowest BCUT2D eigenvalue weighted by molar-refractivity contribution is 0.0696. The molecule has 94 valence electrons. The highest BCUT2D eigenvalue weighted by molar-refractivity contribution is 9.10. The van der Waals surface area contributed by atoms with E-state index >= 15 is 0 Å². The highest BCUT2D eigenvalue weighted by Crippen LogP contribution is 2.24. The molecule has 3 nitrogen and oxygen atoms in total. The van der Waals surface area contributed by atoms with Crippen molar-refractivity contribution < 1.29 is 14.3 Å². The fraction of sp³-hybridized carbons (Fsp3) is 0.154. The second-order valence-corrected chi connectivity index (χ2v) is 4.94. The molecule has 0 aliphatic heterocycles. The van der Waals surface area contributed by atoms with Crippen molar-refractivity contribution in [1.82, 2.24) is 4.57 Å². The lowest BCUT2D eigenvalue weighted by atomic mass is 10.2. The molecule has 0 fully saturated rings. The number of hydrogen-bond acceptors (Lipinski definition) is 1. The van der Waals surface area contributed by atoms with Crippen LogP contribution < -0.4 is 0 Å². The van der Waals surface area contributed by atoms with Crippen molar-refractivity contribution >= 4 is 21.9 Å². The van der Waals surface area contributed by atoms with Gasteiger partial charge < -0.3 is 9.67 Å². The average molecular weight is 312 g/mol. The minimum absolute atomic E-state index is 0.190. The molecule has 0 amide bonds. The molecular weight excluding hydrogens is 301 g/mol. The minimum Gasteiger partial charge on any atom is -0.478 e. The van der Waals surface area contributed by atoms with E-state index in [1.807, 2.05) is 0 Å². The summed E-state index contributed by atoms with van der Waals surface area (Å²) in [6.45, 7) is 3.42.